The molecule has 2 aliphatic rings. The van der Waals surface area contributed by atoms with Crippen molar-refractivity contribution in [3.05, 3.63) is 35.4 Å². The number of carbonyl (C=O) groups excluding carboxylic acids is 1. The van der Waals surface area contributed by atoms with Gasteiger partial charge in [-0.05, 0) is 42.2 Å². The van der Waals surface area contributed by atoms with Crippen LogP contribution in [0.3, 0.4) is 0 Å². The molecule has 3 rings (SSSR count). The minimum absolute atomic E-state index is 0.452. The molecule has 2 aliphatic carbocycles. The van der Waals surface area contributed by atoms with Gasteiger partial charge in [-0.3, -0.25) is 4.79 Å². The maximum atomic E-state index is 11.4. The van der Waals surface area contributed by atoms with Crippen LogP contribution in [0.1, 0.15) is 61.5 Å². The lowest BCUT2D eigenvalue weighted by Crippen LogP contribution is -2.12. The number of benzene rings is 1. The van der Waals surface area contributed by atoms with Crippen molar-refractivity contribution >= 4 is 5.78 Å². The summed E-state index contributed by atoms with van der Waals surface area (Å²) in [7, 11) is 0. The molecule has 16 heavy (non-hydrogen) atoms. The van der Waals surface area contributed by atoms with Gasteiger partial charge in [0.05, 0.1) is 0 Å². The summed E-state index contributed by atoms with van der Waals surface area (Å²) in [4.78, 5) is 11.4. The van der Waals surface area contributed by atoms with Crippen LogP contribution < -0.4 is 0 Å². The molecule has 1 unspecified atom stereocenters. The third-order valence-electron chi connectivity index (χ3n) is 4.23. The Balaban J connectivity index is 1.90. The molecule has 0 bridgehead atoms. The van der Waals surface area contributed by atoms with E-state index in [1.165, 1.54) is 30.4 Å². The largest absolute Gasteiger partial charge is 0.300 e. The average Bonchev–Trinajstić information content (AvgIpc) is 2.63. The Hall–Kier alpha value is -1.11. The van der Waals surface area contributed by atoms with Crippen LogP contribution in [0.2, 0.25) is 0 Å². The van der Waals surface area contributed by atoms with E-state index in [-0.39, 0.29) is 0 Å². The van der Waals surface area contributed by atoms with Crippen molar-refractivity contribution in [1.29, 1.82) is 0 Å². The summed E-state index contributed by atoms with van der Waals surface area (Å²) in [6, 6.07) is 8.80. The van der Waals surface area contributed by atoms with E-state index in [0.717, 1.165) is 25.2 Å². The summed E-state index contributed by atoms with van der Waals surface area (Å²) in [5.74, 6) is 1.75. The fourth-order valence-electron chi connectivity index (χ4n) is 3.05. The Bertz CT molecular complexity index is 404. The van der Waals surface area contributed by atoms with Crippen LogP contribution in [0.4, 0.5) is 0 Å². The zero-order valence-electron chi connectivity index (χ0n) is 9.61. The maximum absolute atomic E-state index is 11.4. The van der Waals surface area contributed by atoms with Gasteiger partial charge in [0.2, 0.25) is 0 Å². The first kappa shape index (κ1) is 10.1. The molecule has 0 spiro atoms. The average molecular weight is 214 g/mol. The maximum Gasteiger partial charge on any atom is 0.133 e. The van der Waals surface area contributed by atoms with Crippen LogP contribution in [0.25, 0.3) is 0 Å². The number of ketones is 1. The summed E-state index contributed by atoms with van der Waals surface area (Å²) < 4.78 is 0. The minimum Gasteiger partial charge on any atom is -0.300 e. The van der Waals surface area contributed by atoms with Crippen molar-refractivity contribution in [3.8, 4) is 0 Å². The molecular weight excluding hydrogens is 196 g/mol. The number of Topliss-reactive ketones (excluding diaryl/α,β-unsaturated/α-hetero) is 1. The van der Waals surface area contributed by atoms with Gasteiger partial charge >= 0.3 is 0 Å². The van der Waals surface area contributed by atoms with E-state index in [2.05, 4.69) is 24.3 Å². The predicted molar refractivity (Wildman–Crippen MR) is 64.6 cm³/mol. The standard InChI is InChI=1S/C15H18O/c16-13-9-8-12(10-13)15-7-2-1-6-14(15)11-4-3-5-11/h1-2,6-7,11-12H,3-5,8-10H2. The SMILES string of the molecule is O=C1CCC(c2ccccc2C2CCC2)C1. The van der Waals surface area contributed by atoms with Crippen LogP contribution in [0.5, 0.6) is 0 Å². The zero-order valence-corrected chi connectivity index (χ0v) is 9.61. The van der Waals surface area contributed by atoms with Crippen molar-refractivity contribution in [3.63, 3.8) is 0 Å². The lowest BCUT2D eigenvalue weighted by Gasteiger charge is -2.29. The van der Waals surface area contributed by atoms with Crippen molar-refractivity contribution in [2.24, 2.45) is 0 Å². The molecule has 0 saturated heterocycles. The van der Waals surface area contributed by atoms with Crippen LogP contribution in [0, 0.1) is 0 Å². The normalized spacial score (nSPS) is 25.8. The van der Waals surface area contributed by atoms with Crippen molar-refractivity contribution in [1.82, 2.24) is 0 Å². The fraction of sp³-hybridized carbons (Fsp3) is 0.533. The summed E-state index contributed by atoms with van der Waals surface area (Å²) in [6.45, 7) is 0. The molecule has 0 amide bonds. The van der Waals surface area contributed by atoms with Crippen molar-refractivity contribution in [2.45, 2.75) is 50.4 Å². The van der Waals surface area contributed by atoms with Crippen LogP contribution in [-0.4, -0.2) is 5.78 Å². The van der Waals surface area contributed by atoms with E-state index in [1.807, 2.05) is 0 Å². The predicted octanol–water partition coefficient (Wildman–Crippen LogP) is 3.79. The van der Waals surface area contributed by atoms with E-state index >= 15 is 0 Å². The van der Waals surface area contributed by atoms with Crippen molar-refractivity contribution < 1.29 is 4.79 Å². The first-order valence-corrected chi connectivity index (χ1v) is 6.45. The monoisotopic (exact) mass is 214 g/mol. The lowest BCUT2D eigenvalue weighted by atomic mass is 9.76. The van der Waals surface area contributed by atoms with E-state index in [9.17, 15) is 4.79 Å². The Morgan fingerprint density at radius 2 is 1.62 bits per heavy atom. The molecule has 0 aliphatic heterocycles. The molecule has 1 aromatic carbocycles. The Morgan fingerprint density at radius 3 is 2.12 bits per heavy atom. The first-order chi connectivity index (χ1) is 7.84. The van der Waals surface area contributed by atoms with E-state index in [1.54, 1.807) is 0 Å². The lowest BCUT2D eigenvalue weighted by molar-refractivity contribution is -0.117. The highest BCUT2D eigenvalue weighted by atomic mass is 16.1. The van der Waals surface area contributed by atoms with Crippen LogP contribution in [-0.2, 0) is 4.79 Å². The highest BCUT2D eigenvalue weighted by Gasteiger charge is 2.28. The van der Waals surface area contributed by atoms with Crippen molar-refractivity contribution in [2.75, 3.05) is 0 Å². The topological polar surface area (TPSA) is 17.1 Å². The van der Waals surface area contributed by atoms with Gasteiger partial charge in [0.15, 0.2) is 0 Å². The molecule has 2 saturated carbocycles. The van der Waals surface area contributed by atoms with Gasteiger partial charge in [0, 0.05) is 12.8 Å². The molecule has 1 nitrogen and oxygen atoms in total. The number of hydrogen-bond acceptors (Lipinski definition) is 1. The Morgan fingerprint density at radius 1 is 0.938 bits per heavy atom. The second-order valence-corrected chi connectivity index (χ2v) is 5.24. The van der Waals surface area contributed by atoms with Gasteiger partial charge in [0.25, 0.3) is 0 Å². The second-order valence-electron chi connectivity index (χ2n) is 5.24. The first-order valence-electron chi connectivity index (χ1n) is 6.45. The highest BCUT2D eigenvalue weighted by Crippen LogP contribution is 2.42. The van der Waals surface area contributed by atoms with Gasteiger partial charge in [0.1, 0.15) is 5.78 Å². The summed E-state index contributed by atoms with van der Waals surface area (Å²) in [6.07, 6.45) is 6.72. The van der Waals surface area contributed by atoms with E-state index < -0.39 is 0 Å². The summed E-state index contributed by atoms with van der Waals surface area (Å²) in [5, 5.41) is 0. The number of hydrogen-bond donors (Lipinski definition) is 0. The molecule has 2 fully saturated rings. The van der Waals surface area contributed by atoms with Gasteiger partial charge in [-0.1, -0.05) is 30.7 Å². The summed E-state index contributed by atoms with van der Waals surface area (Å²) >= 11 is 0. The summed E-state index contributed by atoms with van der Waals surface area (Å²) in [5.41, 5.74) is 3.01. The molecule has 1 heteroatoms. The van der Waals surface area contributed by atoms with Crippen LogP contribution >= 0.6 is 0 Å². The fourth-order valence-corrected chi connectivity index (χ4v) is 3.05. The van der Waals surface area contributed by atoms with Crippen LogP contribution in [0.15, 0.2) is 24.3 Å². The van der Waals surface area contributed by atoms with Gasteiger partial charge < -0.3 is 0 Å². The quantitative estimate of drug-likeness (QED) is 0.732. The second kappa shape index (κ2) is 4.04. The molecule has 0 N–H and O–H groups in total. The molecule has 1 aromatic rings. The molecule has 0 aromatic heterocycles. The molecule has 0 heterocycles. The third kappa shape index (κ3) is 1.68. The number of rotatable bonds is 2. The van der Waals surface area contributed by atoms with E-state index in [4.69, 9.17) is 0 Å². The molecule has 0 radical (unpaired) electrons. The smallest absolute Gasteiger partial charge is 0.133 e. The van der Waals surface area contributed by atoms with Gasteiger partial charge in [-0.15, -0.1) is 0 Å². The molecule has 84 valence electrons. The minimum atomic E-state index is 0.452. The number of carbonyl (C=O) groups is 1. The van der Waals surface area contributed by atoms with Gasteiger partial charge in [-0.25, -0.2) is 0 Å². The molecular formula is C15H18O. The Kier molecular flexibility index (Phi) is 2.55. The van der Waals surface area contributed by atoms with Gasteiger partial charge in [-0.2, -0.15) is 0 Å². The zero-order chi connectivity index (χ0) is 11.0. The highest BCUT2D eigenvalue weighted by molar-refractivity contribution is 5.81. The Labute approximate surface area is 96.9 Å². The van der Waals surface area contributed by atoms with E-state index in [0.29, 0.717) is 11.7 Å². The molecule has 1 atom stereocenters. The third-order valence-corrected chi connectivity index (χ3v) is 4.23.